The Morgan fingerprint density at radius 1 is 1.18 bits per heavy atom. The van der Waals surface area contributed by atoms with Gasteiger partial charge in [0.1, 0.15) is 0 Å². The van der Waals surface area contributed by atoms with E-state index in [1.165, 1.54) is 11.1 Å². The van der Waals surface area contributed by atoms with Crippen LogP contribution in [0.5, 0.6) is 0 Å². The first-order valence-corrected chi connectivity index (χ1v) is 7.94. The van der Waals surface area contributed by atoms with E-state index < -0.39 is 0 Å². The van der Waals surface area contributed by atoms with Gasteiger partial charge in [0.05, 0.1) is 12.7 Å². The molecule has 3 nitrogen and oxygen atoms in total. The standard InChI is InChI=1S/C17H19BrN2O.ClH/c18-15-5-2-4-14(10-15)17-12-20(7-8-21-17)11-13-3-1-6-16(19)9-13;/h1-6,9-10,17H,7-8,11-12,19H2;1H. The Bertz CT molecular complexity index is 623. The molecular weight excluding hydrogens is 364 g/mol. The van der Waals surface area contributed by atoms with Gasteiger partial charge in [-0.15, -0.1) is 12.4 Å². The van der Waals surface area contributed by atoms with Crippen molar-refractivity contribution >= 4 is 34.0 Å². The summed E-state index contributed by atoms with van der Waals surface area (Å²) >= 11 is 3.52. The van der Waals surface area contributed by atoms with Crippen LogP contribution in [0.1, 0.15) is 17.2 Å². The van der Waals surface area contributed by atoms with E-state index in [-0.39, 0.29) is 18.5 Å². The van der Waals surface area contributed by atoms with E-state index in [1.54, 1.807) is 0 Å². The number of nitrogens with zero attached hydrogens (tertiary/aromatic N) is 1. The number of morpholine rings is 1. The van der Waals surface area contributed by atoms with Crippen LogP contribution in [-0.4, -0.2) is 24.6 Å². The number of ether oxygens (including phenoxy) is 1. The van der Waals surface area contributed by atoms with E-state index in [0.29, 0.717) is 0 Å². The monoisotopic (exact) mass is 382 g/mol. The zero-order valence-electron chi connectivity index (χ0n) is 12.2. The Labute approximate surface area is 146 Å². The van der Waals surface area contributed by atoms with Crippen molar-refractivity contribution in [3.8, 4) is 0 Å². The van der Waals surface area contributed by atoms with Crippen LogP contribution in [0.3, 0.4) is 0 Å². The Morgan fingerprint density at radius 2 is 2.00 bits per heavy atom. The highest BCUT2D eigenvalue weighted by molar-refractivity contribution is 9.10. The van der Waals surface area contributed by atoms with Gasteiger partial charge in [-0.05, 0) is 35.4 Å². The number of rotatable bonds is 3. The fourth-order valence-corrected chi connectivity index (χ4v) is 3.12. The maximum absolute atomic E-state index is 5.92. The molecule has 1 atom stereocenters. The fourth-order valence-electron chi connectivity index (χ4n) is 2.70. The Kier molecular flexibility index (Phi) is 6.26. The zero-order valence-corrected chi connectivity index (χ0v) is 14.6. The van der Waals surface area contributed by atoms with Gasteiger partial charge < -0.3 is 10.5 Å². The highest BCUT2D eigenvalue weighted by atomic mass is 79.9. The van der Waals surface area contributed by atoms with E-state index in [1.807, 2.05) is 24.3 Å². The lowest BCUT2D eigenvalue weighted by molar-refractivity contribution is -0.0329. The molecule has 1 unspecified atom stereocenters. The second kappa shape index (κ2) is 7.97. The quantitative estimate of drug-likeness (QED) is 0.813. The average molecular weight is 384 g/mol. The van der Waals surface area contributed by atoms with Crippen molar-refractivity contribution in [1.29, 1.82) is 0 Å². The van der Waals surface area contributed by atoms with Gasteiger partial charge in [0.25, 0.3) is 0 Å². The number of anilines is 1. The van der Waals surface area contributed by atoms with Crippen LogP contribution < -0.4 is 5.73 Å². The van der Waals surface area contributed by atoms with Crippen molar-refractivity contribution in [3.63, 3.8) is 0 Å². The van der Waals surface area contributed by atoms with Crippen LogP contribution in [0, 0.1) is 0 Å². The molecule has 0 amide bonds. The van der Waals surface area contributed by atoms with Gasteiger partial charge in [-0.1, -0.05) is 40.2 Å². The molecule has 1 aliphatic rings. The summed E-state index contributed by atoms with van der Waals surface area (Å²) in [7, 11) is 0. The third kappa shape index (κ3) is 4.46. The molecule has 118 valence electrons. The number of hydrogen-bond donors (Lipinski definition) is 1. The summed E-state index contributed by atoms with van der Waals surface area (Å²) < 4.78 is 7.02. The summed E-state index contributed by atoms with van der Waals surface area (Å²) in [5.41, 5.74) is 9.15. The molecule has 0 radical (unpaired) electrons. The number of nitrogen functional groups attached to an aromatic ring is 1. The second-order valence-electron chi connectivity index (χ2n) is 5.39. The molecule has 0 spiro atoms. The summed E-state index contributed by atoms with van der Waals surface area (Å²) in [5.74, 6) is 0. The van der Waals surface area contributed by atoms with Crippen molar-refractivity contribution in [1.82, 2.24) is 4.90 Å². The van der Waals surface area contributed by atoms with Crippen molar-refractivity contribution in [3.05, 3.63) is 64.1 Å². The Balaban J connectivity index is 0.00000176. The van der Waals surface area contributed by atoms with Gasteiger partial charge in [0.15, 0.2) is 0 Å². The Hall–Kier alpha value is -1.07. The topological polar surface area (TPSA) is 38.5 Å². The van der Waals surface area contributed by atoms with E-state index in [4.69, 9.17) is 10.5 Å². The van der Waals surface area contributed by atoms with E-state index in [0.717, 1.165) is 36.4 Å². The predicted octanol–water partition coefficient (Wildman–Crippen LogP) is 4.03. The minimum Gasteiger partial charge on any atom is -0.399 e. The average Bonchev–Trinajstić information content (AvgIpc) is 2.47. The minimum atomic E-state index is 0. The molecule has 3 rings (SSSR count). The third-order valence-electron chi connectivity index (χ3n) is 3.73. The molecule has 1 heterocycles. The molecule has 0 aromatic heterocycles. The molecule has 1 aliphatic heterocycles. The van der Waals surface area contributed by atoms with Gasteiger partial charge in [-0.2, -0.15) is 0 Å². The minimum absolute atomic E-state index is 0. The van der Waals surface area contributed by atoms with E-state index >= 15 is 0 Å². The number of hydrogen-bond acceptors (Lipinski definition) is 3. The molecule has 0 saturated carbocycles. The van der Waals surface area contributed by atoms with Gasteiger partial charge in [-0.25, -0.2) is 0 Å². The molecule has 0 bridgehead atoms. The van der Waals surface area contributed by atoms with Gasteiger partial charge in [0, 0.05) is 29.8 Å². The molecule has 1 fully saturated rings. The predicted molar refractivity (Wildman–Crippen MR) is 96.2 cm³/mol. The van der Waals surface area contributed by atoms with Crippen molar-refractivity contribution in [2.24, 2.45) is 0 Å². The maximum atomic E-state index is 5.92. The zero-order chi connectivity index (χ0) is 14.7. The molecule has 5 heteroatoms. The summed E-state index contributed by atoms with van der Waals surface area (Å²) in [5, 5.41) is 0. The van der Waals surface area contributed by atoms with E-state index in [2.05, 4.69) is 45.1 Å². The number of nitrogens with two attached hydrogens (primary N) is 1. The first kappa shape index (κ1) is 17.3. The lowest BCUT2D eigenvalue weighted by Crippen LogP contribution is -2.37. The van der Waals surface area contributed by atoms with Crippen molar-refractivity contribution in [2.45, 2.75) is 12.6 Å². The maximum Gasteiger partial charge on any atom is 0.0952 e. The van der Waals surface area contributed by atoms with Gasteiger partial charge >= 0.3 is 0 Å². The van der Waals surface area contributed by atoms with Crippen LogP contribution in [-0.2, 0) is 11.3 Å². The van der Waals surface area contributed by atoms with Crippen LogP contribution in [0.25, 0.3) is 0 Å². The molecule has 1 saturated heterocycles. The van der Waals surface area contributed by atoms with Crippen LogP contribution in [0.15, 0.2) is 53.0 Å². The van der Waals surface area contributed by atoms with Gasteiger partial charge in [-0.3, -0.25) is 4.90 Å². The lowest BCUT2D eigenvalue weighted by Gasteiger charge is -2.33. The van der Waals surface area contributed by atoms with Crippen LogP contribution in [0.4, 0.5) is 5.69 Å². The van der Waals surface area contributed by atoms with Crippen LogP contribution >= 0.6 is 28.3 Å². The third-order valence-corrected chi connectivity index (χ3v) is 4.22. The normalized spacial score (nSPS) is 18.7. The molecule has 2 aromatic carbocycles. The SMILES string of the molecule is Cl.Nc1cccc(CN2CCOC(c3cccc(Br)c3)C2)c1. The van der Waals surface area contributed by atoms with Crippen molar-refractivity contribution in [2.75, 3.05) is 25.4 Å². The number of halogens is 2. The molecule has 2 N–H and O–H groups in total. The molecule has 2 aromatic rings. The largest absolute Gasteiger partial charge is 0.399 e. The first-order valence-electron chi connectivity index (χ1n) is 7.14. The summed E-state index contributed by atoms with van der Waals surface area (Å²) in [6.45, 7) is 3.54. The Morgan fingerprint density at radius 3 is 2.77 bits per heavy atom. The highest BCUT2D eigenvalue weighted by Gasteiger charge is 2.22. The molecular formula is C17H20BrClN2O. The second-order valence-corrected chi connectivity index (χ2v) is 6.31. The smallest absolute Gasteiger partial charge is 0.0952 e. The summed E-state index contributed by atoms with van der Waals surface area (Å²) in [6, 6.07) is 16.5. The lowest BCUT2D eigenvalue weighted by atomic mass is 10.1. The van der Waals surface area contributed by atoms with Crippen molar-refractivity contribution < 1.29 is 4.74 Å². The molecule has 0 aliphatic carbocycles. The first-order chi connectivity index (χ1) is 10.2. The molecule has 22 heavy (non-hydrogen) atoms. The highest BCUT2D eigenvalue weighted by Crippen LogP contribution is 2.25. The number of benzene rings is 2. The summed E-state index contributed by atoms with van der Waals surface area (Å²) in [6.07, 6.45) is 0.136. The van der Waals surface area contributed by atoms with Crippen LogP contribution in [0.2, 0.25) is 0 Å². The fraction of sp³-hybridized carbons (Fsp3) is 0.294. The van der Waals surface area contributed by atoms with Gasteiger partial charge in [0.2, 0.25) is 0 Å². The van der Waals surface area contributed by atoms with E-state index in [9.17, 15) is 0 Å². The summed E-state index contributed by atoms with van der Waals surface area (Å²) in [4.78, 5) is 2.42.